The minimum absolute atomic E-state index is 0. The Bertz CT molecular complexity index is 769. The Kier molecular flexibility index (Phi) is 11.0. The van der Waals surface area contributed by atoms with Gasteiger partial charge in [-0.15, -0.1) is 24.0 Å². The van der Waals surface area contributed by atoms with E-state index in [2.05, 4.69) is 63.0 Å². The van der Waals surface area contributed by atoms with Crippen molar-refractivity contribution in [3.05, 3.63) is 65.7 Å². The van der Waals surface area contributed by atoms with Crippen molar-refractivity contribution in [1.29, 1.82) is 0 Å². The first-order valence-corrected chi connectivity index (χ1v) is 10.6. The van der Waals surface area contributed by atoms with Crippen LogP contribution in [0.3, 0.4) is 0 Å². The lowest BCUT2D eigenvalue weighted by molar-refractivity contribution is 0.328. The van der Waals surface area contributed by atoms with Crippen LogP contribution in [0, 0.1) is 5.92 Å². The van der Waals surface area contributed by atoms with Crippen LogP contribution in [0.1, 0.15) is 17.5 Å². The molecule has 0 bridgehead atoms. The molecule has 0 radical (unpaired) electrons. The molecule has 2 aromatic carbocycles. The molecule has 1 aliphatic heterocycles. The second-order valence-corrected chi connectivity index (χ2v) is 7.63. The molecule has 164 valence electrons. The number of rotatable bonds is 9. The van der Waals surface area contributed by atoms with Gasteiger partial charge in [-0.2, -0.15) is 0 Å². The average molecular weight is 522 g/mol. The van der Waals surface area contributed by atoms with Gasteiger partial charge in [-0.1, -0.05) is 48.5 Å². The van der Waals surface area contributed by atoms with E-state index in [9.17, 15) is 0 Å². The highest BCUT2D eigenvalue weighted by atomic mass is 127. The SMILES string of the molecule is CN=C(NCCc1ccccc1OC)NCC1CCN(CCc2ccccc2)C1.I. The Morgan fingerprint density at radius 2 is 1.83 bits per heavy atom. The van der Waals surface area contributed by atoms with Gasteiger partial charge in [-0.05, 0) is 48.9 Å². The Morgan fingerprint density at radius 3 is 2.60 bits per heavy atom. The van der Waals surface area contributed by atoms with Gasteiger partial charge in [-0.3, -0.25) is 4.99 Å². The monoisotopic (exact) mass is 522 g/mol. The zero-order valence-electron chi connectivity index (χ0n) is 18.1. The molecule has 6 heteroatoms. The topological polar surface area (TPSA) is 48.9 Å². The van der Waals surface area contributed by atoms with Crippen LogP contribution in [-0.4, -0.2) is 57.7 Å². The molecule has 5 nitrogen and oxygen atoms in total. The molecule has 1 atom stereocenters. The predicted molar refractivity (Wildman–Crippen MR) is 136 cm³/mol. The van der Waals surface area contributed by atoms with E-state index < -0.39 is 0 Å². The van der Waals surface area contributed by atoms with Gasteiger partial charge in [0.2, 0.25) is 0 Å². The molecule has 0 aliphatic carbocycles. The number of nitrogens with one attached hydrogen (secondary N) is 2. The van der Waals surface area contributed by atoms with Gasteiger partial charge < -0.3 is 20.3 Å². The fourth-order valence-electron chi connectivity index (χ4n) is 3.90. The number of nitrogens with zero attached hydrogens (tertiary/aromatic N) is 2. The highest BCUT2D eigenvalue weighted by Crippen LogP contribution is 2.17. The summed E-state index contributed by atoms with van der Waals surface area (Å²) in [6, 6.07) is 18.9. The van der Waals surface area contributed by atoms with Crippen LogP contribution in [-0.2, 0) is 12.8 Å². The maximum absolute atomic E-state index is 5.42. The molecule has 30 heavy (non-hydrogen) atoms. The van der Waals surface area contributed by atoms with Gasteiger partial charge in [0.25, 0.3) is 0 Å². The Labute approximate surface area is 198 Å². The molecule has 1 saturated heterocycles. The van der Waals surface area contributed by atoms with Crippen LogP contribution in [0.4, 0.5) is 0 Å². The second-order valence-electron chi connectivity index (χ2n) is 7.63. The van der Waals surface area contributed by atoms with E-state index in [4.69, 9.17) is 4.74 Å². The number of methoxy groups -OCH3 is 1. The van der Waals surface area contributed by atoms with Crippen molar-refractivity contribution in [1.82, 2.24) is 15.5 Å². The highest BCUT2D eigenvalue weighted by Gasteiger charge is 2.22. The highest BCUT2D eigenvalue weighted by molar-refractivity contribution is 14.0. The van der Waals surface area contributed by atoms with Gasteiger partial charge in [0.15, 0.2) is 5.96 Å². The first kappa shape index (κ1) is 24.5. The number of guanidine groups is 1. The number of benzene rings is 2. The third-order valence-corrected chi connectivity index (χ3v) is 5.59. The Balaban J connectivity index is 0.00000320. The molecular weight excluding hydrogens is 487 g/mol. The fraction of sp³-hybridized carbons (Fsp3) is 0.458. The van der Waals surface area contributed by atoms with Crippen molar-refractivity contribution in [3.63, 3.8) is 0 Å². The third kappa shape index (κ3) is 7.80. The number of likely N-dealkylation sites (tertiary alicyclic amines) is 1. The maximum Gasteiger partial charge on any atom is 0.190 e. The van der Waals surface area contributed by atoms with E-state index in [1.807, 2.05) is 19.2 Å². The molecule has 3 rings (SSSR count). The van der Waals surface area contributed by atoms with Crippen molar-refractivity contribution in [2.75, 3.05) is 46.9 Å². The summed E-state index contributed by atoms with van der Waals surface area (Å²) in [6.07, 6.45) is 3.29. The van der Waals surface area contributed by atoms with Crippen molar-refractivity contribution in [3.8, 4) is 5.75 Å². The molecule has 0 aromatic heterocycles. The number of hydrogen-bond donors (Lipinski definition) is 2. The molecule has 1 aliphatic rings. The van der Waals surface area contributed by atoms with Crippen molar-refractivity contribution in [2.24, 2.45) is 10.9 Å². The van der Waals surface area contributed by atoms with Gasteiger partial charge in [-0.25, -0.2) is 0 Å². The lowest BCUT2D eigenvalue weighted by atomic mass is 10.1. The van der Waals surface area contributed by atoms with Gasteiger partial charge in [0, 0.05) is 33.2 Å². The molecule has 1 heterocycles. The third-order valence-electron chi connectivity index (χ3n) is 5.59. The predicted octanol–water partition coefficient (Wildman–Crippen LogP) is 3.59. The van der Waals surface area contributed by atoms with Crippen molar-refractivity contribution < 1.29 is 4.74 Å². The number of aliphatic imine (C=N–C) groups is 1. The van der Waals surface area contributed by atoms with E-state index in [0.29, 0.717) is 5.92 Å². The number of halogens is 1. The Hall–Kier alpha value is -1.80. The standard InChI is InChI=1S/C24H34N4O.HI/c1-25-24(26-15-12-22-10-6-7-11-23(22)29-2)27-18-21-14-17-28(19-21)16-13-20-8-4-3-5-9-20;/h3-11,21H,12-19H2,1-2H3,(H2,25,26,27);1H. The summed E-state index contributed by atoms with van der Waals surface area (Å²) in [7, 11) is 3.55. The van der Waals surface area contributed by atoms with E-state index in [0.717, 1.165) is 50.7 Å². The lowest BCUT2D eigenvalue weighted by Gasteiger charge is -2.18. The molecule has 2 N–H and O–H groups in total. The summed E-state index contributed by atoms with van der Waals surface area (Å²) in [6.45, 7) is 5.30. The van der Waals surface area contributed by atoms with Crippen LogP contribution in [0.5, 0.6) is 5.75 Å². The largest absolute Gasteiger partial charge is 0.496 e. The average Bonchev–Trinajstić information content (AvgIpc) is 3.23. The second kappa shape index (κ2) is 13.5. The fourth-order valence-corrected chi connectivity index (χ4v) is 3.90. The molecule has 1 unspecified atom stereocenters. The number of para-hydroxylation sites is 1. The van der Waals surface area contributed by atoms with Gasteiger partial charge >= 0.3 is 0 Å². The lowest BCUT2D eigenvalue weighted by Crippen LogP contribution is -2.41. The smallest absolute Gasteiger partial charge is 0.190 e. The first-order chi connectivity index (χ1) is 14.3. The zero-order valence-corrected chi connectivity index (χ0v) is 20.5. The van der Waals surface area contributed by atoms with Crippen molar-refractivity contribution >= 4 is 29.9 Å². The van der Waals surface area contributed by atoms with Crippen LogP contribution in [0.2, 0.25) is 0 Å². The van der Waals surface area contributed by atoms with E-state index in [-0.39, 0.29) is 24.0 Å². The van der Waals surface area contributed by atoms with E-state index >= 15 is 0 Å². The minimum atomic E-state index is 0. The van der Waals surface area contributed by atoms with Crippen LogP contribution < -0.4 is 15.4 Å². The number of hydrogen-bond acceptors (Lipinski definition) is 3. The van der Waals surface area contributed by atoms with Crippen LogP contribution >= 0.6 is 24.0 Å². The van der Waals surface area contributed by atoms with E-state index in [1.165, 1.54) is 24.1 Å². The number of ether oxygens (including phenoxy) is 1. The van der Waals surface area contributed by atoms with Gasteiger partial charge in [0.1, 0.15) is 5.75 Å². The molecule has 0 saturated carbocycles. The molecular formula is C24H35IN4O. The summed E-state index contributed by atoms with van der Waals surface area (Å²) in [4.78, 5) is 6.95. The quantitative estimate of drug-likeness (QED) is 0.301. The normalized spacial score (nSPS) is 16.7. The van der Waals surface area contributed by atoms with Crippen LogP contribution in [0.15, 0.2) is 59.6 Å². The van der Waals surface area contributed by atoms with Gasteiger partial charge in [0.05, 0.1) is 7.11 Å². The maximum atomic E-state index is 5.42. The molecule has 0 spiro atoms. The van der Waals surface area contributed by atoms with Crippen molar-refractivity contribution in [2.45, 2.75) is 19.3 Å². The zero-order chi connectivity index (χ0) is 20.3. The van der Waals surface area contributed by atoms with Crippen LogP contribution in [0.25, 0.3) is 0 Å². The minimum Gasteiger partial charge on any atom is -0.496 e. The first-order valence-electron chi connectivity index (χ1n) is 10.6. The molecule has 1 fully saturated rings. The Morgan fingerprint density at radius 1 is 1.07 bits per heavy atom. The summed E-state index contributed by atoms with van der Waals surface area (Å²) in [5, 5.41) is 6.92. The summed E-state index contributed by atoms with van der Waals surface area (Å²) in [5.74, 6) is 2.50. The summed E-state index contributed by atoms with van der Waals surface area (Å²) >= 11 is 0. The van der Waals surface area contributed by atoms with E-state index in [1.54, 1.807) is 7.11 Å². The molecule has 2 aromatic rings. The summed E-state index contributed by atoms with van der Waals surface area (Å²) in [5.41, 5.74) is 2.64. The molecule has 0 amide bonds. The summed E-state index contributed by atoms with van der Waals surface area (Å²) < 4.78 is 5.42.